The molecule has 0 saturated heterocycles. The summed E-state index contributed by atoms with van der Waals surface area (Å²) >= 11 is 0. The molecule has 0 aliphatic rings. The highest BCUT2D eigenvalue weighted by atomic mass is 13.9. The SMILES string of the molecule is C=CCCC(=C)CC=C. The van der Waals surface area contributed by atoms with Crippen molar-refractivity contribution >= 4 is 0 Å². The van der Waals surface area contributed by atoms with Gasteiger partial charge in [0.25, 0.3) is 0 Å². The molecule has 0 radical (unpaired) electrons. The van der Waals surface area contributed by atoms with Crippen molar-refractivity contribution in [2.75, 3.05) is 0 Å². The smallest absolute Gasteiger partial charge is 0.0144 e. The highest BCUT2D eigenvalue weighted by Crippen LogP contribution is 2.06. The van der Waals surface area contributed by atoms with Crippen LogP contribution in [-0.2, 0) is 0 Å². The average Bonchev–Trinajstić information content (AvgIpc) is 1.85. The highest BCUT2D eigenvalue weighted by Gasteiger charge is 1.86. The second kappa shape index (κ2) is 5.36. The van der Waals surface area contributed by atoms with Crippen molar-refractivity contribution in [2.45, 2.75) is 19.3 Å². The van der Waals surface area contributed by atoms with Gasteiger partial charge in [0.05, 0.1) is 0 Å². The van der Waals surface area contributed by atoms with E-state index < -0.39 is 0 Å². The molecule has 0 N–H and O–H groups in total. The fourth-order valence-corrected chi connectivity index (χ4v) is 0.612. The van der Waals surface area contributed by atoms with Crippen molar-refractivity contribution in [1.82, 2.24) is 0 Å². The molecule has 0 aliphatic heterocycles. The first-order valence-corrected chi connectivity index (χ1v) is 3.19. The Morgan fingerprint density at radius 3 is 2.33 bits per heavy atom. The van der Waals surface area contributed by atoms with Gasteiger partial charge in [-0.3, -0.25) is 0 Å². The Hall–Kier alpha value is -0.780. The van der Waals surface area contributed by atoms with Crippen LogP contribution < -0.4 is 0 Å². The monoisotopic (exact) mass is 122 g/mol. The van der Waals surface area contributed by atoms with E-state index in [2.05, 4.69) is 19.7 Å². The fraction of sp³-hybridized carbons (Fsp3) is 0.333. The van der Waals surface area contributed by atoms with Gasteiger partial charge in [-0.05, 0) is 19.3 Å². The topological polar surface area (TPSA) is 0 Å². The molecule has 0 heteroatoms. The summed E-state index contributed by atoms with van der Waals surface area (Å²) in [4.78, 5) is 0. The molecular weight excluding hydrogens is 108 g/mol. The number of hydrogen-bond donors (Lipinski definition) is 0. The minimum atomic E-state index is 0.938. The zero-order valence-corrected chi connectivity index (χ0v) is 5.90. The van der Waals surface area contributed by atoms with Crippen molar-refractivity contribution in [2.24, 2.45) is 0 Å². The first-order chi connectivity index (χ1) is 4.31. The molecule has 0 bridgehead atoms. The molecular formula is C9H14. The summed E-state index contributed by atoms with van der Waals surface area (Å²) in [5, 5.41) is 0. The molecule has 0 fully saturated rings. The third-order valence-electron chi connectivity index (χ3n) is 1.14. The van der Waals surface area contributed by atoms with Crippen LogP contribution in [0.25, 0.3) is 0 Å². The fourth-order valence-electron chi connectivity index (χ4n) is 0.612. The lowest BCUT2D eigenvalue weighted by molar-refractivity contribution is 0.949. The molecule has 0 aromatic rings. The molecule has 0 atom stereocenters. The van der Waals surface area contributed by atoms with Gasteiger partial charge in [0.1, 0.15) is 0 Å². The molecule has 0 nitrogen and oxygen atoms in total. The van der Waals surface area contributed by atoms with Crippen LogP contribution in [0.4, 0.5) is 0 Å². The van der Waals surface area contributed by atoms with Crippen LogP contribution in [-0.4, -0.2) is 0 Å². The van der Waals surface area contributed by atoms with E-state index in [4.69, 9.17) is 0 Å². The van der Waals surface area contributed by atoms with Gasteiger partial charge >= 0.3 is 0 Å². The second-order valence-electron chi connectivity index (χ2n) is 2.07. The number of allylic oxidation sites excluding steroid dienone is 3. The third-order valence-corrected chi connectivity index (χ3v) is 1.14. The largest absolute Gasteiger partial charge is 0.103 e. The summed E-state index contributed by atoms with van der Waals surface area (Å²) in [5.41, 5.74) is 1.24. The van der Waals surface area contributed by atoms with Gasteiger partial charge in [-0.2, -0.15) is 0 Å². The lowest BCUT2D eigenvalue weighted by atomic mass is 10.1. The zero-order chi connectivity index (χ0) is 7.11. The van der Waals surface area contributed by atoms with Gasteiger partial charge in [0.15, 0.2) is 0 Å². The Bertz CT molecular complexity index is 109. The summed E-state index contributed by atoms with van der Waals surface area (Å²) in [5.74, 6) is 0. The van der Waals surface area contributed by atoms with E-state index in [9.17, 15) is 0 Å². The van der Waals surface area contributed by atoms with Crippen LogP contribution in [0.2, 0.25) is 0 Å². The summed E-state index contributed by atoms with van der Waals surface area (Å²) in [6.45, 7) is 11.1. The van der Waals surface area contributed by atoms with E-state index in [0.29, 0.717) is 0 Å². The van der Waals surface area contributed by atoms with E-state index in [1.807, 2.05) is 12.2 Å². The molecule has 0 heterocycles. The second-order valence-corrected chi connectivity index (χ2v) is 2.07. The van der Waals surface area contributed by atoms with Crippen molar-refractivity contribution in [1.29, 1.82) is 0 Å². The van der Waals surface area contributed by atoms with Crippen molar-refractivity contribution in [3.63, 3.8) is 0 Å². The van der Waals surface area contributed by atoms with E-state index in [0.717, 1.165) is 19.3 Å². The normalized spacial score (nSPS) is 8.44. The maximum Gasteiger partial charge on any atom is -0.0144 e. The molecule has 9 heavy (non-hydrogen) atoms. The van der Waals surface area contributed by atoms with Crippen LogP contribution in [0.3, 0.4) is 0 Å². The van der Waals surface area contributed by atoms with Crippen LogP contribution in [0.1, 0.15) is 19.3 Å². The first kappa shape index (κ1) is 8.22. The predicted octanol–water partition coefficient (Wildman–Crippen LogP) is 3.08. The summed E-state index contributed by atoms with van der Waals surface area (Å²) < 4.78 is 0. The lowest BCUT2D eigenvalue weighted by Gasteiger charge is -1.96. The van der Waals surface area contributed by atoms with E-state index in [1.54, 1.807) is 0 Å². The third kappa shape index (κ3) is 5.09. The summed E-state index contributed by atoms with van der Waals surface area (Å²) in [6, 6.07) is 0. The van der Waals surface area contributed by atoms with Crippen LogP contribution >= 0.6 is 0 Å². The highest BCUT2D eigenvalue weighted by molar-refractivity contribution is 5.00. The molecule has 0 aromatic heterocycles. The van der Waals surface area contributed by atoms with Gasteiger partial charge < -0.3 is 0 Å². The maximum absolute atomic E-state index is 3.86. The van der Waals surface area contributed by atoms with Crippen LogP contribution in [0.15, 0.2) is 37.5 Å². The quantitative estimate of drug-likeness (QED) is 0.491. The minimum Gasteiger partial charge on any atom is -0.103 e. The number of rotatable bonds is 5. The van der Waals surface area contributed by atoms with Crippen molar-refractivity contribution in [3.8, 4) is 0 Å². The van der Waals surface area contributed by atoms with Gasteiger partial charge in [-0.1, -0.05) is 24.3 Å². The molecule has 0 unspecified atom stereocenters. The molecule has 0 rings (SSSR count). The van der Waals surface area contributed by atoms with E-state index in [-0.39, 0.29) is 0 Å². The average molecular weight is 122 g/mol. The molecule has 0 aliphatic carbocycles. The zero-order valence-electron chi connectivity index (χ0n) is 5.90. The van der Waals surface area contributed by atoms with Crippen molar-refractivity contribution < 1.29 is 0 Å². The van der Waals surface area contributed by atoms with Crippen LogP contribution in [0.5, 0.6) is 0 Å². The van der Waals surface area contributed by atoms with Gasteiger partial charge in [0.2, 0.25) is 0 Å². The molecule has 0 amide bonds. The Kier molecular flexibility index (Phi) is 4.89. The van der Waals surface area contributed by atoms with Gasteiger partial charge in [-0.15, -0.1) is 13.2 Å². The summed E-state index contributed by atoms with van der Waals surface area (Å²) in [7, 11) is 0. The van der Waals surface area contributed by atoms with Crippen molar-refractivity contribution in [3.05, 3.63) is 37.5 Å². The van der Waals surface area contributed by atoms with Gasteiger partial charge in [0, 0.05) is 0 Å². The Morgan fingerprint density at radius 2 is 1.89 bits per heavy atom. The van der Waals surface area contributed by atoms with Crippen LogP contribution in [0, 0.1) is 0 Å². The Morgan fingerprint density at radius 1 is 1.22 bits per heavy atom. The summed E-state index contributed by atoms with van der Waals surface area (Å²) in [6.07, 6.45) is 6.82. The molecule has 0 saturated carbocycles. The number of hydrogen-bond acceptors (Lipinski definition) is 0. The van der Waals surface area contributed by atoms with E-state index in [1.165, 1.54) is 5.57 Å². The predicted molar refractivity (Wildman–Crippen MR) is 43.4 cm³/mol. The lowest BCUT2D eigenvalue weighted by Crippen LogP contribution is -1.76. The molecule has 0 aromatic carbocycles. The Balaban J connectivity index is 3.26. The molecule has 50 valence electrons. The van der Waals surface area contributed by atoms with E-state index >= 15 is 0 Å². The first-order valence-electron chi connectivity index (χ1n) is 3.19. The van der Waals surface area contributed by atoms with Gasteiger partial charge in [-0.25, -0.2) is 0 Å². The minimum absolute atomic E-state index is 0.938. The maximum atomic E-state index is 3.86. The molecule has 0 spiro atoms. The Labute approximate surface area is 57.6 Å². The standard InChI is InChI=1S/C9H14/c1-4-6-8-9(3)7-5-2/h4-5H,1-3,6-8H2.